The molecule has 4 nitrogen and oxygen atoms in total. The second-order valence-electron chi connectivity index (χ2n) is 5.13. The molecule has 1 heterocycles. The molecule has 1 aromatic heterocycles. The van der Waals surface area contributed by atoms with Crippen LogP contribution in [0.25, 0.3) is 0 Å². The summed E-state index contributed by atoms with van der Waals surface area (Å²) in [4.78, 5) is 0. The van der Waals surface area contributed by atoms with Crippen molar-refractivity contribution in [2.24, 2.45) is 0 Å². The highest BCUT2D eigenvalue weighted by atomic mass is 19.1. The number of nitrogens with one attached hydrogen (secondary N) is 1. The Morgan fingerprint density at radius 2 is 2.10 bits per heavy atom. The maximum atomic E-state index is 13.5. The second kappa shape index (κ2) is 6.72. The van der Waals surface area contributed by atoms with Crippen LogP contribution in [0, 0.1) is 5.82 Å². The molecule has 0 aliphatic carbocycles. The molecule has 2 unspecified atom stereocenters. The largest absolute Gasteiger partial charge is 0.496 e. The molecule has 2 atom stereocenters. The van der Waals surface area contributed by atoms with Gasteiger partial charge in [0.05, 0.1) is 13.3 Å². The van der Waals surface area contributed by atoms with Crippen LogP contribution in [0.5, 0.6) is 5.75 Å². The van der Waals surface area contributed by atoms with E-state index in [2.05, 4.69) is 24.3 Å². The van der Waals surface area contributed by atoms with Gasteiger partial charge in [0, 0.05) is 36.0 Å². The first kappa shape index (κ1) is 15.5. The summed E-state index contributed by atoms with van der Waals surface area (Å²) in [5.74, 6) is 0.429. The number of hydrogen-bond acceptors (Lipinski definition) is 3. The molecule has 0 saturated carbocycles. The van der Waals surface area contributed by atoms with Crippen LogP contribution in [-0.2, 0) is 6.54 Å². The van der Waals surface area contributed by atoms with E-state index in [0.717, 1.165) is 17.7 Å². The fourth-order valence-corrected chi connectivity index (χ4v) is 2.38. The smallest absolute Gasteiger partial charge is 0.123 e. The minimum absolute atomic E-state index is 0.0318. The fraction of sp³-hybridized carbons (Fsp3) is 0.438. The lowest BCUT2D eigenvalue weighted by molar-refractivity contribution is 0.394. The summed E-state index contributed by atoms with van der Waals surface area (Å²) < 4.78 is 20.7. The van der Waals surface area contributed by atoms with Gasteiger partial charge in [-0.15, -0.1) is 0 Å². The predicted octanol–water partition coefficient (Wildman–Crippen LogP) is 3.46. The molecule has 5 heteroatoms. The highest BCUT2D eigenvalue weighted by Gasteiger charge is 2.16. The Morgan fingerprint density at radius 1 is 1.33 bits per heavy atom. The molecular weight excluding hydrogens is 269 g/mol. The summed E-state index contributed by atoms with van der Waals surface area (Å²) >= 11 is 0. The van der Waals surface area contributed by atoms with E-state index in [4.69, 9.17) is 4.74 Å². The number of ether oxygens (including phenoxy) is 1. The third-order valence-corrected chi connectivity index (χ3v) is 3.64. The summed E-state index contributed by atoms with van der Waals surface area (Å²) in [5.41, 5.74) is 1.92. The molecule has 0 bridgehead atoms. The highest BCUT2D eigenvalue weighted by Crippen LogP contribution is 2.27. The van der Waals surface area contributed by atoms with Crippen LogP contribution in [0.15, 0.2) is 30.6 Å². The van der Waals surface area contributed by atoms with E-state index in [1.807, 2.05) is 24.0 Å². The van der Waals surface area contributed by atoms with Gasteiger partial charge in [-0.2, -0.15) is 5.10 Å². The Balaban J connectivity index is 2.13. The monoisotopic (exact) mass is 291 g/mol. The van der Waals surface area contributed by atoms with Crippen LogP contribution >= 0.6 is 0 Å². The van der Waals surface area contributed by atoms with E-state index < -0.39 is 0 Å². The number of halogens is 1. The molecule has 2 aromatic rings. The molecular formula is C16H22FN3O. The van der Waals surface area contributed by atoms with Crippen molar-refractivity contribution < 1.29 is 9.13 Å². The van der Waals surface area contributed by atoms with Gasteiger partial charge in [-0.05, 0) is 39.0 Å². The van der Waals surface area contributed by atoms with Gasteiger partial charge in [0.25, 0.3) is 0 Å². The SMILES string of the molecule is CCn1cc(C(C)NC(C)c2cc(F)ccc2OC)cn1. The van der Waals surface area contributed by atoms with Crippen molar-refractivity contribution in [3.63, 3.8) is 0 Å². The molecule has 1 aromatic carbocycles. The molecule has 0 radical (unpaired) electrons. The summed E-state index contributed by atoms with van der Waals surface area (Å²) in [6, 6.07) is 4.66. The Morgan fingerprint density at radius 3 is 2.71 bits per heavy atom. The number of benzene rings is 1. The zero-order valence-corrected chi connectivity index (χ0v) is 12.9. The van der Waals surface area contributed by atoms with Crippen LogP contribution < -0.4 is 10.1 Å². The number of rotatable bonds is 6. The van der Waals surface area contributed by atoms with E-state index in [0.29, 0.717) is 5.75 Å². The lowest BCUT2D eigenvalue weighted by atomic mass is 10.0. The van der Waals surface area contributed by atoms with Gasteiger partial charge in [-0.25, -0.2) is 4.39 Å². The second-order valence-corrected chi connectivity index (χ2v) is 5.13. The predicted molar refractivity (Wildman–Crippen MR) is 80.8 cm³/mol. The van der Waals surface area contributed by atoms with Gasteiger partial charge in [0.1, 0.15) is 11.6 Å². The quantitative estimate of drug-likeness (QED) is 0.886. The highest BCUT2D eigenvalue weighted by molar-refractivity contribution is 5.36. The van der Waals surface area contributed by atoms with Crippen molar-refractivity contribution in [1.29, 1.82) is 0 Å². The maximum absolute atomic E-state index is 13.5. The summed E-state index contributed by atoms with van der Waals surface area (Å²) in [6.45, 7) is 6.96. The van der Waals surface area contributed by atoms with E-state index in [9.17, 15) is 4.39 Å². The molecule has 114 valence electrons. The molecule has 0 saturated heterocycles. The molecule has 0 amide bonds. The first-order valence-electron chi connectivity index (χ1n) is 7.17. The van der Waals surface area contributed by atoms with E-state index >= 15 is 0 Å². The average molecular weight is 291 g/mol. The van der Waals surface area contributed by atoms with Crippen molar-refractivity contribution in [3.8, 4) is 5.75 Å². The van der Waals surface area contributed by atoms with Crippen LogP contribution in [0.4, 0.5) is 4.39 Å². The first-order valence-corrected chi connectivity index (χ1v) is 7.17. The molecule has 1 N–H and O–H groups in total. The molecule has 21 heavy (non-hydrogen) atoms. The van der Waals surface area contributed by atoms with Gasteiger partial charge in [0.15, 0.2) is 0 Å². The molecule has 0 aliphatic rings. The van der Waals surface area contributed by atoms with Crippen LogP contribution in [-0.4, -0.2) is 16.9 Å². The van der Waals surface area contributed by atoms with Crippen molar-refractivity contribution >= 4 is 0 Å². The van der Waals surface area contributed by atoms with Gasteiger partial charge in [-0.3, -0.25) is 4.68 Å². The lowest BCUT2D eigenvalue weighted by Crippen LogP contribution is -2.22. The molecule has 0 spiro atoms. The Hall–Kier alpha value is -1.88. The maximum Gasteiger partial charge on any atom is 0.123 e. The van der Waals surface area contributed by atoms with E-state index in [1.54, 1.807) is 13.2 Å². The standard InChI is InChI=1S/C16H22FN3O/c1-5-20-10-13(9-18-20)11(2)19-12(3)15-8-14(17)6-7-16(15)21-4/h6-12,19H,5H2,1-4H3. The Kier molecular flexibility index (Phi) is 4.96. The first-order chi connectivity index (χ1) is 10.0. The normalized spacial score (nSPS) is 14.0. The minimum atomic E-state index is -0.258. The van der Waals surface area contributed by atoms with E-state index in [-0.39, 0.29) is 17.9 Å². The molecule has 2 rings (SSSR count). The Bertz CT molecular complexity index is 597. The summed E-state index contributed by atoms with van der Waals surface area (Å²) in [6.07, 6.45) is 3.88. The van der Waals surface area contributed by atoms with Crippen molar-refractivity contribution in [2.75, 3.05) is 7.11 Å². The lowest BCUT2D eigenvalue weighted by Gasteiger charge is -2.21. The van der Waals surface area contributed by atoms with E-state index in [1.165, 1.54) is 12.1 Å². The number of nitrogens with zero attached hydrogens (tertiary/aromatic N) is 2. The summed E-state index contributed by atoms with van der Waals surface area (Å²) in [5, 5.41) is 7.73. The van der Waals surface area contributed by atoms with Crippen molar-refractivity contribution in [3.05, 3.63) is 47.5 Å². The fourth-order valence-electron chi connectivity index (χ4n) is 2.38. The topological polar surface area (TPSA) is 39.1 Å². The third kappa shape index (κ3) is 3.61. The zero-order chi connectivity index (χ0) is 15.4. The number of methoxy groups -OCH3 is 1. The number of aromatic nitrogens is 2. The van der Waals surface area contributed by atoms with Gasteiger partial charge in [-0.1, -0.05) is 0 Å². The summed E-state index contributed by atoms with van der Waals surface area (Å²) in [7, 11) is 1.60. The van der Waals surface area contributed by atoms with Crippen molar-refractivity contribution in [2.45, 2.75) is 39.4 Å². The van der Waals surface area contributed by atoms with Crippen LogP contribution in [0.2, 0.25) is 0 Å². The van der Waals surface area contributed by atoms with Gasteiger partial charge < -0.3 is 10.1 Å². The zero-order valence-electron chi connectivity index (χ0n) is 12.9. The number of hydrogen-bond donors (Lipinski definition) is 1. The average Bonchev–Trinajstić information content (AvgIpc) is 2.96. The van der Waals surface area contributed by atoms with Gasteiger partial charge >= 0.3 is 0 Å². The minimum Gasteiger partial charge on any atom is -0.496 e. The molecule has 0 fully saturated rings. The van der Waals surface area contributed by atoms with Crippen LogP contribution in [0.3, 0.4) is 0 Å². The molecule has 0 aliphatic heterocycles. The third-order valence-electron chi connectivity index (χ3n) is 3.64. The Labute approximate surface area is 124 Å². The van der Waals surface area contributed by atoms with Gasteiger partial charge in [0.2, 0.25) is 0 Å². The van der Waals surface area contributed by atoms with Crippen molar-refractivity contribution in [1.82, 2.24) is 15.1 Å². The number of aryl methyl sites for hydroxylation is 1. The van der Waals surface area contributed by atoms with Crippen LogP contribution in [0.1, 0.15) is 44.0 Å².